The Balaban J connectivity index is 5.70. The monoisotopic (exact) mass is 643 g/mol. The Morgan fingerprint density at radius 1 is 0.667 bits per heavy atom. The van der Waals surface area contributed by atoms with Crippen LogP contribution in [0.15, 0.2) is 0 Å². The highest BCUT2D eigenvalue weighted by molar-refractivity contribution is 5.96. The Morgan fingerprint density at radius 3 is 1.64 bits per heavy atom. The zero-order chi connectivity index (χ0) is 35.2. The fraction of sp³-hybridized carbons (Fsp3) is 0.759. The molecule has 0 unspecified atom stereocenters. The summed E-state index contributed by atoms with van der Waals surface area (Å²) in [6.45, 7) is 13.9. The zero-order valence-corrected chi connectivity index (χ0v) is 27.7. The van der Waals surface area contributed by atoms with Crippen molar-refractivity contribution in [3.05, 3.63) is 0 Å². The van der Waals surface area contributed by atoms with E-state index in [1.54, 1.807) is 41.5 Å². The SMILES string of the molecule is CC[C@H](C)[C@H](NC(=O)CNC(=O)[C@H](C)NC(=O)[C@H](C)N)C(=O)N[C@@H](CC(C)C)C(=O)N[C@H](C(=O)N[C@H](C(=O)O)C(C)C)[C@@H](C)O. The fourth-order valence-electron chi connectivity index (χ4n) is 4.04. The first kappa shape index (κ1) is 41.2. The third kappa shape index (κ3) is 14.7. The van der Waals surface area contributed by atoms with Crippen LogP contribution in [0, 0.1) is 17.8 Å². The second-order valence-corrected chi connectivity index (χ2v) is 12.2. The van der Waals surface area contributed by atoms with Crippen molar-refractivity contribution in [3.63, 3.8) is 0 Å². The molecule has 0 aromatic heterocycles. The summed E-state index contributed by atoms with van der Waals surface area (Å²) in [6, 6.07) is -6.85. The number of nitrogens with one attached hydrogen (secondary N) is 6. The molecule has 10 N–H and O–H groups in total. The number of hydrogen-bond acceptors (Lipinski definition) is 9. The van der Waals surface area contributed by atoms with E-state index in [2.05, 4.69) is 31.9 Å². The van der Waals surface area contributed by atoms with Crippen LogP contribution < -0.4 is 37.6 Å². The van der Waals surface area contributed by atoms with Gasteiger partial charge in [0.05, 0.1) is 18.7 Å². The van der Waals surface area contributed by atoms with E-state index in [1.807, 2.05) is 0 Å². The predicted molar refractivity (Wildman–Crippen MR) is 165 cm³/mol. The van der Waals surface area contributed by atoms with Crippen LogP contribution in [0.25, 0.3) is 0 Å². The van der Waals surface area contributed by atoms with Crippen molar-refractivity contribution >= 4 is 41.4 Å². The first-order valence-electron chi connectivity index (χ1n) is 15.2. The van der Waals surface area contributed by atoms with E-state index in [9.17, 15) is 43.8 Å². The summed E-state index contributed by atoms with van der Waals surface area (Å²) in [6.07, 6.45) is -0.794. The van der Waals surface area contributed by atoms with Gasteiger partial charge in [0.25, 0.3) is 0 Å². The summed E-state index contributed by atoms with van der Waals surface area (Å²) in [5, 5.41) is 34.4. The van der Waals surface area contributed by atoms with Gasteiger partial charge in [-0.05, 0) is 44.9 Å². The molecule has 258 valence electrons. The van der Waals surface area contributed by atoms with E-state index in [4.69, 9.17) is 5.73 Å². The highest BCUT2D eigenvalue weighted by Crippen LogP contribution is 2.12. The topological polar surface area (TPSA) is 258 Å². The van der Waals surface area contributed by atoms with E-state index in [1.165, 1.54) is 20.8 Å². The van der Waals surface area contributed by atoms with Crippen LogP contribution in [0.2, 0.25) is 0 Å². The molecule has 0 radical (unpaired) electrons. The quantitative estimate of drug-likeness (QED) is 0.0756. The van der Waals surface area contributed by atoms with Crippen molar-refractivity contribution in [3.8, 4) is 0 Å². The third-order valence-corrected chi connectivity index (χ3v) is 7.03. The Hall–Kier alpha value is -3.79. The van der Waals surface area contributed by atoms with Gasteiger partial charge in [0.15, 0.2) is 0 Å². The van der Waals surface area contributed by atoms with Crippen LogP contribution in [0.1, 0.15) is 75.2 Å². The lowest BCUT2D eigenvalue weighted by molar-refractivity contribution is -0.144. The average Bonchev–Trinajstić information content (AvgIpc) is 2.93. The van der Waals surface area contributed by atoms with E-state index in [0.29, 0.717) is 6.42 Å². The number of aliphatic hydroxyl groups is 1. The van der Waals surface area contributed by atoms with E-state index >= 15 is 0 Å². The van der Waals surface area contributed by atoms with E-state index in [-0.39, 0.29) is 12.3 Å². The highest BCUT2D eigenvalue weighted by atomic mass is 16.4. The number of nitrogens with two attached hydrogens (primary N) is 1. The molecule has 16 heteroatoms. The highest BCUT2D eigenvalue weighted by Gasteiger charge is 2.35. The molecule has 0 spiro atoms. The lowest BCUT2D eigenvalue weighted by Gasteiger charge is -2.29. The molecular weight excluding hydrogens is 590 g/mol. The van der Waals surface area contributed by atoms with Gasteiger partial charge in [0, 0.05) is 0 Å². The minimum Gasteiger partial charge on any atom is -0.480 e. The van der Waals surface area contributed by atoms with Crippen molar-refractivity contribution < 1.29 is 43.8 Å². The van der Waals surface area contributed by atoms with Crippen molar-refractivity contribution in [2.75, 3.05) is 6.54 Å². The maximum Gasteiger partial charge on any atom is 0.326 e. The van der Waals surface area contributed by atoms with Crippen LogP contribution in [-0.2, 0) is 33.6 Å². The Kier molecular flexibility index (Phi) is 17.9. The maximum absolute atomic E-state index is 13.4. The molecule has 0 bridgehead atoms. The van der Waals surface area contributed by atoms with Crippen LogP contribution in [0.4, 0.5) is 0 Å². The third-order valence-electron chi connectivity index (χ3n) is 7.03. The first-order valence-corrected chi connectivity index (χ1v) is 15.2. The lowest BCUT2D eigenvalue weighted by atomic mass is 9.96. The summed E-state index contributed by atoms with van der Waals surface area (Å²) in [4.78, 5) is 87.9. The van der Waals surface area contributed by atoms with Gasteiger partial charge in [-0.1, -0.05) is 48.0 Å². The molecule has 8 atom stereocenters. The van der Waals surface area contributed by atoms with Crippen molar-refractivity contribution in [1.82, 2.24) is 31.9 Å². The van der Waals surface area contributed by atoms with Crippen molar-refractivity contribution in [1.29, 1.82) is 0 Å². The van der Waals surface area contributed by atoms with Crippen molar-refractivity contribution in [2.45, 2.75) is 118 Å². The van der Waals surface area contributed by atoms with Gasteiger partial charge in [-0.15, -0.1) is 0 Å². The number of hydrogen-bond donors (Lipinski definition) is 9. The summed E-state index contributed by atoms with van der Waals surface area (Å²) in [7, 11) is 0. The Bertz CT molecular complexity index is 1050. The number of carboxylic acid groups (broad SMARTS) is 1. The van der Waals surface area contributed by atoms with Crippen LogP contribution >= 0.6 is 0 Å². The van der Waals surface area contributed by atoms with E-state index < -0.39 is 102 Å². The van der Waals surface area contributed by atoms with Gasteiger partial charge < -0.3 is 47.8 Å². The second kappa shape index (κ2) is 19.6. The fourth-order valence-corrected chi connectivity index (χ4v) is 4.04. The second-order valence-electron chi connectivity index (χ2n) is 12.2. The number of aliphatic hydroxyl groups excluding tert-OH is 1. The number of amides is 6. The van der Waals surface area contributed by atoms with Crippen molar-refractivity contribution in [2.24, 2.45) is 23.5 Å². The summed E-state index contributed by atoms with van der Waals surface area (Å²) >= 11 is 0. The number of carbonyl (C=O) groups excluding carboxylic acids is 6. The van der Waals surface area contributed by atoms with Gasteiger partial charge in [-0.3, -0.25) is 28.8 Å². The summed E-state index contributed by atoms with van der Waals surface area (Å²) < 4.78 is 0. The molecule has 0 heterocycles. The molecular formula is C29H53N7O9. The van der Waals surface area contributed by atoms with Gasteiger partial charge >= 0.3 is 5.97 Å². The molecule has 0 aliphatic carbocycles. The Morgan fingerprint density at radius 2 is 1.20 bits per heavy atom. The van der Waals surface area contributed by atoms with Crippen LogP contribution in [0.3, 0.4) is 0 Å². The van der Waals surface area contributed by atoms with E-state index in [0.717, 1.165) is 0 Å². The predicted octanol–water partition coefficient (Wildman–Crippen LogP) is -1.89. The lowest BCUT2D eigenvalue weighted by Crippen LogP contribution is -2.61. The van der Waals surface area contributed by atoms with Gasteiger partial charge in [-0.2, -0.15) is 0 Å². The van der Waals surface area contributed by atoms with Crippen LogP contribution in [0.5, 0.6) is 0 Å². The number of rotatable bonds is 19. The maximum atomic E-state index is 13.4. The number of aliphatic carboxylic acids is 1. The summed E-state index contributed by atoms with van der Waals surface area (Å²) in [5.74, 6) is -6.52. The molecule has 0 aliphatic rings. The first-order chi connectivity index (χ1) is 20.7. The molecule has 0 saturated heterocycles. The van der Waals surface area contributed by atoms with Crippen LogP contribution in [-0.4, -0.2) is 101 Å². The van der Waals surface area contributed by atoms with Gasteiger partial charge in [0.1, 0.15) is 30.2 Å². The number of carbonyl (C=O) groups is 7. The standard InChI is InChI=1S/C29H53N7O9/c1-10-15(6)22(34-20(38)12-31-25(40)17(8)32-24(39)16(7)30)27(42)33-19(11-13(2)3)26(41)36-23(18(9)37)28(43)35-21(14(4)5)29(44)45/h13-19,21-23,37H,10-12,30H2,1-9H3,(H,31,40)(H,32,39)(H,33,42)(H,34,38)(H,35,43)(H,36,41)(H,44,45)/t15-,16-,17-,18+,19-,21-,22-,23-/m0/s1. The largest absolute Gasteiger partial charge is 0.480 e. The smallest absolute Gasteiger partial charge is 0.326 e. The molecule has 0 aliphatic heterocycles. The number of carboxylic acids is 1. The minimum absolute atomic E-state index is 0.103. The molecule has 6 amide bonds. The molecule has 0 aromatic carbocycles. The molecule has 16 nitrogen and oxygen atoms in total. The molecule has 45 heavy (non-hydrogen) atoms. The minimum atomic E-state index is -1.52. The van der Waals surface area contributed by atoms with Gasteiger partial charge in [0.2, 0.25) is 35.4 Å². The normalized spacial score (nSPS) is 16.6. The Labute approximate surface area is 264 Å². The molecule has 0 aromatic rings. The van der Waals surface area contributed by atoms with Gasteiger partial charge in [-0.25, -0.2) is 4.79 Å². The molecule has 0 fully saturated rings. The summed E-state index contributed by atoms with van der Waals surface area (Å²) in [5.41, 5.74) is 5.48. The average molecular weight is 644 g/mol. The molecule has 0 saturated carbocycles. The molecule has 0 rings (SSSR count). The zero-order valence-electron chi connectivity index (χ0n) is 27.7.